The molecule has 14 heavy (non-hydrogen) atoms. The van der Waals surface area contributed by atoms with Crippen molar-refractivity contribution in [1.82, 2.24) is 0 Å². The third kappa shape index (κ3) is 0.750. The van der Waals surface area contributed by atoms with Crippen LogP contribution < -0.4 is 0 Å². The molecule has 2 aliphatic carbocycles. The third-order valence-corrected chi connectivity index (χ3v) is 4.33. The van der Waals surface area contributed by atoms with Crippen LogP contribution in [0.3, 0.4) is 0 Å². The highest BCUT2D eigenvalue weighted by atomic mass is 16.6. The van der Waals surface area contributed by atoms with Gasteiger partial charge in [-0.25, -0.2) is 0 Å². The summed E-state index contributed by atoms with van der Waals surface area (Å²) in [6, 6.07) is 0. The minimum absolute atomic E-state index is 0.117. The normalized spacial score (nSPS) is 50.6. The topological polar surface area (TPSA) is 29.6 Å². The lowest BCUT2D eigenvalue weighted by Crippen LogP contribution is -2.34. The van der Waals surface area contributed by atoms with Crippen LogP contribution in [0.1, 0.15) is 39.5 Å². The second-order valence-corrected chi connectivity index (χ2v) is 5.07. The second-order valence-electron chi connectivity index (χ2n) is 5.07. The van der Waals surface area contributed by atoms with Gasteiger partial charge in [-0.3, -0.25) is 4.79 Å². The van der Waals surface area contributed by atoms with Crippen molar-refractivity contribution in [3.05, 3.63) is 11.6 Å². The van der Waals surface area contributed by atoms with Crippen molar-refractivity contribution in [3.8, 4) is 0 Å². The average molecular weight is 192 g/mol. The molecule has 1 aliphatic heterocycles. The maximum absolute atomic E-state index is 12.1. The largest absolute Gasteiger partial charge is 0.354 e. The first-order chi connectivity index (χ1) is 6.60. The van der Waals surface area contributed by atoms with Crippen LogP contribution >= 0.6 is 0 Å². The summed E-state index contributed by atoms with van der Waals surface area (Å²) in [6.07, 6.45) is 5.98. The first-order valence-electron chi connectivity index (χ1n) is 5.50. The molecule has 0 amide bonds. The third-order valence-electron chi connectivity index (χ3n) is 4.33. The zero-order chi connectivity index (χ0) is 9.97. The number of Topliss-reactive ketones (excluding diaryl/α,β-unsaturated/α-hetero) is 1. The van der Waals surface area contributed by atoms with Gasteiger partial charge in [-0.2, -0.15) is 0 Å². The number of ketones is 1. The summed E-state index contributed by atoms with van der Waals surface area (Å²) < 4.78 is 5.80. The number of allylic oxidation sites excluding steroid dienone is 1. The van der Waals surface area contributed by atoms with E-state index in [-0.39, 0.29) is 5.60 Å². The van der Waals surface area contributed by atoms with Crippen LogP contribution in [-0.4, -0.2) is 17.0 Å². The number of ether oxygens (including phenoxy) is 1. The molecule has 2 fully saturated rings. The molecule has 1 saturated heterocycles. The van der Waals surface area contributed by atoms with Crippen LogP contribution in [-0.2, 0) is 9.53 Å². The molecule has 0 aromatic carbocycles. The Labute approximate surface area is 84.3 Å². The number of rotatable bonds is 0. The van der Waals surface area contributed by atoms with Crippen molar-refractivity contribution in [2.75, 3.05) is 0 Å². The summed E-state index contributed by atoms with van der Waals surface area (Å²) in [6.45, 7) is 4.25. The Bertz CT molecular complexity index is 344. The molecular weight excluding hydrogens is 176 g/mol. The van der Waals surface area contributed by atoms with Crippen molar-refractivity contribution in [2.24, 2.45) is 5.92 Å². The number of carbonyl (C=O) groups excluding carboxylic acids is 1. The van der Waals surface area contributed by atoms with Gasteiger partial charge in [-0.1, -0.05) is 11.6 Å². The van der Waals surface area contributed by atoms with E-state index in [1.165, 1.54) is 5.57 Å². The molecule has 0 N–H and O–H groups in total. The maximum atomic E-state index is 12.1. The fourth-order valence-electron chi connectivity index (χ4n) is 3.48. The maximum Gasteiger partial charge on any atom is 0.168 e. The van der Waals surface area contributed by atoms with E-state index in [9.17, 15) is 4.79 Å². The van der Waals surface area contributed by atoms with Crippen molar-refractivity contribution < 1.29 is 9.53 Å². The summed E-state index contributed by atoms with van der Waals surface area (Å²) in [7, 11) is 0. The predicted molar refractivity (Wildman–Crippen MR) is 52.9 cm³/mol. The summed E-state index contributed by atoms with van der Waals surface area (Å²) in [5.41, 5.74) is 0.857. The van der Waals surface area contributed by atoms with Gasteiger partial charge in [-0.15, -0.1) is 0 Å². The lowest BCUT2D eigenvalue weighted by Gasteiger charge is -2.17. The Morgan fingerprint density at radius 3 is 3.07 bits per heavy atom. The van der Waals surface area contributed by atoms with Crippen molar-refractivity contribution >= 4 is 5.78 Å². The molecule has 76 valence electrons. The molecule has 0 aromatic rings. The van der Waals surface area contributed by atoms with E-state index < -0.39 is 5.60 Å². The molecule has 0 aromatic heterocycles. The fourth-order valence-corrected chi connectivity index (χ4v) is 3.48. The van der Waals surface area contributed by atoms with E-state index >= 15 is 0 Å². The first-order valence-corrected chi connectivity index (χ1v) is 5.50. The second kappa shape index (κ2) is 2.30. The molecule has 3 aliphatic rings. The molecule has 3 rings (SSSR count). The molecule has 0 unspecified atom stereocenters. The van der Waals surface area contributed by atoms with Crippen LogP contribution in [0.25, 0.3) is 0 Å². The van der Waals surface area contributed by atoms with Crippen LogP contribution in [0, 0.1) is 5.92 Å². The highest BCUT2D eigenvalue weighted by molar-refractivity contribution is 5.93. The van der Waals surface area contributed by atoms with Gasteiger partial charge in [0.2, 0.25) is 0 Å². The standard InChI is InChI=1S/C12H16O2/c1-8-4-3-5-10(13)12-9(8)6-7-11(12,2)14-12/h4,9H,3,5-7H2,1-2H3/t9-,11-,12-/m0/s1. The smallest absolute Gasteiger partial charge is 0.168 e. The molecule has 1 spiro atoms. The van der Waals surface area contributed by atoms with Gasteiger partial charge in [0.15, 0.2) is 11.4 Å². The Morgan fingerprint density at radius 2 is 2.36 bits per heavy atom. The average Bonchev–Trinajstić information content (AvgIpc) is 2.67. The zero-order valence-corrected chi connectivity index (χ0v) is 8.80. The van der Waals surface area contributed by atoms with E-state index in [1.807, 2.05) is 0 Å². The number of hydrogen-bond acceptors (Lipinski definition) is 2. The quantitative estimate of drug-likeness (QED) is 0.435. The molecule has 1 saturated carbocycles. The van der Waals surface area contributed by atoms with Gasteiger partial charge in [-0.05, 0) is 33.1 Å². The van der Waals surface area contributed by atoms with E-state index in [2.05, 4.69) is 19.9 Å². The van der Waals surface area contributed by atoms with Gasteiger partial charge in [0.25, 0.3) is 0 Å². The number of hydrogen-bond donors (Lipinski definition) is 0. The van der Waals surface area contributed by atoms with Crippen molar-refractivity contribution in [3.63, 3.8) is 0 Å². The Balaban J connectivity index is 2.08. The van der Waals surface area contributed by atoms with Gasteiger partial charge in [0, 0.05) is 12.3 Å². The van der Waals surface area contributed by atoms with Gasteiger partial charge < -0.3 is 4.74 Å². The Hall–Kier alpha value is -0.630. The van der Waals surface area contributed by atoms with Gasteiger partial charge in [0.05, 0.1) is 0 Å². The monoisotopic (exact) mass is 192 g/mol. The fraction of sp³-hybridized carbons (Fsp3) is 0.750. The van der Waals surface area contributed by atoms with E-state index in [0.717, 1.165) is 19.3 Å². The van der Waals surface area contributed by atoms with Gasteiger partial charge >= 0.3 is 0 Å². The number of epoxide rings is 1. The predicted octanol–water partition coefficient (Wildman–Crippen LogP) is 2.23. The molecule has 1 heterocycles. The van der Waals surface area contributed by atoms with Crippen LogP contribution in [0.15, 0.2) is 11.6 Å². The lowest BCUT2D eigenvalue weighted by molar-refractivity contribution is -0.125. The molecule has 0 bridgehead atoms. The van der Waals surface area contributed by atoms with Crippen molar-refractivity contribution in [2.45, 2.75) is 50.7 Å². The summed E-state index contributed by atoms with van der Waals surface area (Å²) >= 11 is 0. The van der Waals surface area contributed by atoms with Crippen molar-refractivity contribution in [1.29, 1.82) is 0 Å². The zero-order valence-electron chi connectivity index (χ0n) is 8.80. The van der Waals surface area contributed by atoms with Gasteiger partial charge in [0.1, 0.15) is 5.60 Å². The minimum Gasteiger partial charge on any atom is -0.354 e. The molecule has 2 nitrogen and oxygen atoms in total. The minimum atomic E-state index is -0.399. The molecule has 3 atom stereocenters. The summed E-state index contributed by atoms with van der Waals surface area (Å²) in [5, 5.41) is 0. The van der Waals surface area contributed by atoms with Crippen LogP contribution in [0.4, 0.5) is 0 Å². The molecule has 2 heteroatoms. The summed E-state index contributed by atoms with van der Waals surface area (Å²) in [5.74, 6) is 0.720. The highest BCUT2D eigenvalue weighted by Crippen LogP contribution is 2.65. The molecular formula is C12H16O2. The SMILES string of the molecule is CC1=CCCC(=O)[C@]23O[C@@]2(C)CC[C@@H]13. The lowest BCUT2D eigenvalue weighted by atomic mass is 9.83. The highest BCUT2D eigenvalue weighted by Gasteiger charge is 2.77. The molecule has 0 radical (unpaired) electrons. The summed E-state index contributed by atoms with van der Waals surface area (Å²) in [4.78, 5) is 12.1. The number of carbonyl (C=O) groups is 1. The van der Waals surface area contributed by atoms with E-state index in [1.54, 1.807) is 0 Å². The Morgan fingerprint density at radius 1 is 1.57 bits per heavy atom. The van der Waals surface area contributed by atoms with E-state index in [0.29, 0.717) is 18.1 Å². The Kier molecular flexibility index (Phi) is 1.42. The van der Waals surface area contributed by atoms with E-state index in [4.69, 9.17) is 4.74 Å². The van der Waals surface area contributed by atoms with Crippen LogP contribution in [0.5, 0.6) is 0 Å². The van der Waals surface area contributed by atoms with Crippen LogP contribution in [0.2, 0.25) is 0 Å². The first kappa shape index (κ1) is 8.66.